The van der Waals surface area contributed by atoms with Crippen molar-refractivity contribution in [2.45, 2.75) is 12.4 Å². The van der Waals surface area contributed by atoms with Gasteiger partial charge in [-0.05, 0) is 18.2 Å². The van der Waals surface area contributed by atoms with Crippen molar-refractivity contribution in [1.82, 2.24) is 9.94 Å². The van der Waals surface area contributed by atoms with Crippen molar-refractivity contribution in [3.05, 3.63) is 47.8 Å². The third-order valence-electron chi connectivity index (χ3n) is 2.19. The van der Waals surface area contributed by atoms with E-state index in [1.807, 2.05) is 0 Å². The van der Waals surface area contributed by atoms with Crippen LogP contribution in [0.2, 0.25) is 0 Å². The largest absolute Gasteiger partial charge is 0.416 e. The molecule has 0 amide bonds. The normalized spacial score (nSPS) is 12.5. The molecule has 20 heavy (non-hydrogen) atoms. The summed E-state index contributed by atoms with van der Waals surface area (Å²) in [5, 5.41) is 3.47. The zero-order valence-corrected chi connectivity index (χ0v) is 9.46. The van der Waals surface area contributed by atoms with Crippen LogP contribution >= 0.6 is 0 Å². The van der Waals surface area contributed by atoms with Gasteiger partial charge in [0.05, 0.1) is 23.5 Å². The van der Waals surface area contributed by atoms with Gasteiger partial charge in [-0.1, -0.05) is 4.85 Å². The summed E-state index contributed by atoms with van der Waals surface area (Å²) >= 11 is 0. The average Bonchev–Trinajstić information content (AvgIpc) is 2.79. The SMILES string of the molecule is FC(F)(F)c1cc(On2c[c]cn2)cc(C(F)(F)F)c1. The molecule has 3 nitrogen and oxygen atoms in total. The Kier molecular flexibility index (Phi) is 3.36. The lowest BCUT2D eigenvalue weighted by Crippen LogP contribution is -2.13. The number of halogens is 6. The number of hydrogen-bond donors (Lipinski definition) is 0. The maximum Gasteiger partial charge on any atom is 0.416 e. The molecule has 0 fully saturated rings. The van der Waals surface area contributed by atoms with E-state index in [9.17, 15) is 26.3 Å². The third-order valence-corrected chi connectivity index (χ3v) is 2.19. The van der Waals surface area contributed by atoms with E-state index in [1.165, 1.54) is 0 Å². The second-order valence-corrected chi connectivity index (χ2v) is 3.68. The number of hydrogen-bond acceptors (Lipinski definition) is 2. The van der Waals surface area contributed by atoms with Crippen molar-refractivity contribution in [3.8, 4) is 5.75 Å². The summed E-state index contributed by atoms with van der Waals surface area (Å²) < 4.78 is 75.4. The van der Waals surface area contributed by atoms with Crippen LogP contribution in [0.5, 0.6) is 5.75 Å². The molecule has 1 aromatic carbocycles. The maximum absolute atomic E-state index is 12.6. The molecule has 0 saturated heterocycles. The summed E-state index contributed by atoms with van der Waals surface area (Å²) in [7, 11) is 0. The number of rotatable bonds is 2. The lowest BCUT2D eigenvalue weighted by molar-refractivity contribution is -0.143. The molecule has 1 heterocycles. The van der Waals surface area contributed by atoms with Crippen molar-refractivity contribution >= 4 is 0 Å². The van der Waals surface area contributed by atoms with Crippen LogP contribution < -0.4 is 4.84 Å². The van der Waals surface area contributed by atoms with Crippen LogP contribution in [0.15, 0.2) is 30.6 Å². The van der Waals surface area contributed by atoms with Gasteiger partial charge in [0.15, 0.2) is 5.75 Å². The Balaban J connectivity index is 2.46. The van der Waals surface area contributed by atoms with E-state index in [0.29, 0.717) is 17.0 Å². The zero-order chi connectivity index (χ0) is 15.0. The molecule has 0 N–H and O–H groups in total. The summed E-state index contributed by atoms with van der Waals surface area (Å²) in [5.74, 6) is -0.635. The van der Waals surface area contributed by atoms with Gasteiger partial charge in [0, 0.05) is 6.07 Å². The summed E-state index contributed by atoms with van der Waals surface area (Å²) in [4.78, 5) is 5.45. The fraction of sp³-hybridized carbons (Fsp3) is 0.182. The van der Waals surface area contributed by atoms with Crippen LogP contribution in [0.25, 0.3) is 0 Å². The van der Waals surface area contributed by atoms with Gasteiger partial charge in [-0.25, -0.2) is 0 Å². The third kappa shape index (κ3) is 3.22. The van der Waals surface area contributed by atoms with Crippen LogP contribution in [-0.2, 0) is 12.4 Å². The topological polar surface area (TPSA) is 27.1 Å². The van der Waals surface area contributed by atoms with Crippen molar-refractivity contribution in [2.24, 2.45) is 0 Å². The molecule has 9 heteroatoms. The van der Waals surface area contributed by atoms with Crippen molar-refractivity contribution < 1.29 is 31.2 Å². The Morgan fingerprint density at radius 3 is 1.90 bits per heavy atom. The minimum atomic E-state index is -4.92. The van der Waals surface area contributed by atoms with E-state index in [1.54, 1.807) is 0 Å². The van der Waals surface area contributed by atoms with Crippen LogP contribution in [0.4, 0.5) is 26.3 Å². The predicted molar refractivity (Wildman–Crippen MR) is 53.5 cm³/mol. The first-order chi connectivity index (χ1) is 9.16. The molecule has 0 spiro atoms. The first-order valence-electron chi connectivity index (χ1n) is 5.05. The van der Waals surface area contributed by atoms with Crippen LogP contribution in [0, 0.1) is 6.07 Å². The highest BCUT2D eigenvalue weighted by atomic mass is 19.4. The standard InChI is InChI=1S/C11H5F6N2O/c12-10(13,14)7-4-8(11(15,16)17)6-9(5-7)20-19-3-1-2-18-19/h2-6H. The number of alkyl halides is 6. The number of nitrogens with zero attached hydrogens (tertiary/aromatic N) is 2. The van der Waals surface area contributed by atoms with Gasteiger partial charge in [0.1, 0.15) is 0 Å². The van der Waals surface area contributed by atoms with Gasteiger partial charge in [-0.2, -0.15) is 26.3 Å². The molecule has 0 unspecified atom stereocenters. The van der Waals surface area contributed by atoms with E-state index >= 15 is 0 Å². The Hall–Kier alpha value is -2.19. The lowest BCUT2D eigenvalue weighted by Gasteiger charge is -2.14. The fourth-order valence-electron chi connectivity index (χ4n) is 1.36. The quantitative estimate of drug-likeness (QED) is 0.792. The minimum absolute atomic E-state index is 0.0159. The summed E-state index contributed by atoms with van der Waals surface area (Å²) in [6.07, 6.45) is -7.60. The van der Waals surface area contributed by atoms with Crippen LogP contribution in [0.3, 0.4) is 0 Å². The molecule has 2 rings (SSSR count). The van der Waals surface area contributed by atoms with Crippen molar-refractivity contribution in [2.75, 3.05) is 0 Å². The molecule has 107 valence electrons. The number of aromatic nitrogens is 2. The summed E-state index contributed by atoms with van der Waals surface area (Å²) in [5.41, 5.74) is -2.92. The van der Waals surface area contributed by atoms with Gasteiger partial charge >= 0.3 is 12.4 Å². The Bertz CT molecular complexity index is 556. The molecule has 0 saturated carbocycles. The average molecular weight is 295 g/mol. The highest BCUT2D eigenvalue weighted by molar-refractivity contribution is 5.37. The molecular weight excluding hydrogens is 290 g/mol. The van der Waals surface area contributed by atoms with Crippen molar-refractivity contribution in [1.29, 1.82) is 0 Å². The first-order valence-corrected chi connectivity index (χ1v) is 5.05. The molecular formula is C11H5F6N2O. The minimum Gasteiger partial charge on any atom is -0.358 e. The Morgan fingerprint density at radius 1 is 0.950 bits per heavy atom. The maximum atomic E-state index is 12.6. The summed E-state index contributed by atoms with van der Waals surface area (Å²) in [6.45, 7) is 0. The fourth-order valence-corrected chi connectivity index (χ4v) is 1.36. The van der Waals surface area contributed by atoms with Gasteiger partial charge in [-0.15, -0.1) is 5.10 Å². The number of benzene rings is 1. The van der Waals surface area contributed by atoms with E-state index < -0.39 is 29.2 Å². The molecule has 0 aliphatic rings. The van der Waals surface area contributed by atoms with Crippen LogP contribution in [0.1, 0.15) is 11.1 Å². The smallest absolute Gasteiger partial charge is 0.358 e. The van der Waals surface area contributed by atoms with Crippen LogP contribution in [-0.4, -0.2) is 9.94 Å². The molecule has 0 bridgehead atoms. The second-order valence-electron chi connectivity index (χ2n) is 3.68. The lowest BCUT2D eigenvalue weighted by atomic mass is 10.1. The van der Waals surface area contributed by atoms with E-state index in [0.717, 1.165) is 12.4 Å². The highest BCUT2D eigenvalue weighted by Gasteiger charge is 2.37. The van der Waals surface area contributed by atoms with E-state index in [-0.39, 0.29) is 6.07 Å². The summed E-state index contributed by atoms with van der Waals surface area (Å²) in [6, 6.07) is 3.35. The van der Waals surface area contributed by atoms with Gasteiger partial charge < -0.3 is 4.84 Å². The van der Waals surface area contributed by atoms with E-state index in [2.05, 4.69) is 11.2 Å². The highest BCUT2D eigenvalue weighted by Crippen LogP contribution is 2.38. The molecule has 1 radical (unpaired) electrons. The van der Waals surface area contributed by atoms with Gasteiger partial charge in [0.25, 0.3) is 0 Å². The predicted octanol–water partition coefficient (Wildman–Crippen LogP) is 3.56. The zero-order valence-electron chi connectivity index (χ0n) is 9.46. The van der Waals surface area contributed by atoms with Gasteiger partial charge in [-0.3, -0.25) is 0 Å². The first kappa shape index (κ1) is 14.2. The molecule has 0 atom stereocenters. The van der Waals surface area contributed by atoms with Gasteiger partial charge in [0.2, 0.25) is 0 Å². The molecule has 0 aliphatic heterocycles. The molecule has 2 aromatic rings. The molecule has 0 aliphatic carbocycles. The molecule has 1 aromatic heterocycles. The monoisotopic (exact) mass is 295 g/mol. The Morgan fingerprint density at radius 2 is 1.50 bits per heavy atom. The second kappa shape index (κ2) is 4.73. The Labute approximate surface area is 108 Å². The van der Waals surface area contributed by atoms with Crippen molar-refractivity contribution in [3.63, 3.8) is 0 Å². The van der Waals surface area contributed by atoms with E-state index in [4.69, 9.17) is 4.84 Å².